The summed E-state index contributed by atoms with van der Waals surface area (Å²) in [6.45, 7) is 1.80. The molecule has 0 atom stereocenters. The highest BCUT2D eigenvalue weighted by Crippen LogP contribution is 2.31. The Bertz CT molecular complexity index is 1140. The molecule has 1 aliphatic heterocycles. The molecule has 0 radical (unpaired) electrons. The fourth-order valence-corrected chi connectivity index (χ4v) is 5.45. The number of hydrogen-bond donors (Lipinski definition) is 0. The number of thioether (sulfide) groups is 1. The van der Waals surface area contributed by atoms with Gasteiger partial charge in [-0.2, -0.15) is 10.5 Å². The zero-order valence-electron chi connectivity index (χ0n) is 16.8. The third kappa shape index (κ3) is 5.37. The maximum atomic E-state index is 9.55. The molecule has 0 saturated carbocycles. The van der Waals surface area contributed by atoms with Gasteiger partial charge in [0.05, 0.1) is 21.8 Å². The molecule has 4 rings (SSSR count). The van der Waals surface area contributed by atoms with Crippen LogP contribution in [0.4, 0.5) is 5.82 Å². The van der Waals surface area contributed by atoms with E-state index in [1.54, 1.807) is 17.4 Å². The van der Waals surface area contributed by atoms with E-state index in [0.29, 0.717) is 27.7 Å². The normalized spacial score (nSPS) is 15.8. The second-order valence-corrected chi connectivity index (χ2v) is 9.61. The number of anilines is 1. The lowest BCUT2D eigenvalue weighted by molar-refractivity contribution is 0.909. The van der Waals surface area contributed by atoms with Crippen LogP contribution < -0.4 is 4.90 Å². The van der Waals surface area contributed by atoms with E-state index >= 15 is 0 Å². The van der Waals surface area contributed by atoms with Crippen molar-refractivity contribution in [2.24, 2.45) is 0 Å². The summed E-state index contributed by atoms with van der Waals surface area (Å²) < 4.78 is 0. The molecule has 31 heavy (non-hydrogen) atoms. The molecule has 0 spiro atoms. The van der Waals surface area contributed by atoms with Crippen molar-refractivity contribution in [3.63, 3.8) is 0 Å². The molecular formula is C23H20ClN5S2. The van der Waals surface area contributed by atoms with Gasteiger partial charge in [0.1, 0.15) is 23.0 Å². The van der Waals surface area contributed by atoms with Crippen LogP contribution in [0.1, 0.15) is 41.1 Å². The molecular weight excluding hydrogens is 446 g/mol. The summed E-state index contributed by atoms with van der Waals surface area (Å²) in [7, 11) is 0. The van der Waals surface area contributed by atoms with Crippen LogP contribution in [0.3, 0.4) is 0 Å². The first-order valence-electron chi connectivity index (χ1n) is 10.1. The molecule has 2 aromatic rings. The van der Waals surface area contributed by atoms with E-state index in [2.05, 4.69) is 28.5 Å². The molecule has 0 aromatic carbocycles. The lowest BCUT2D eigenvalue weighted by atomic mass is 10.1. The predicted octanol–water partition coefficient (Wildman–Crippen LogP) is 5.73. The highest BCUT2D eigenvalue weighted by molar-refractivity contribution is 7.98. The van der Waals surface area contributed by atoms with Gasteiger partial charge in [-0.1, -0.05) is 41.6 Å². The third-order valence-corrected chi connectivity index (χ3v) is 7.28. The Morgan fingerprint density at radius 1 is 1.10 bits per heavy atom. The Morgan fingerprint density at radius 2 is 1.90 bits per heavy atom. The van der Waals surface area contributed by atoms with Crippen LogP contribution in [-0.4, -0.2) is 23.1 Å². The SMILES string of the molecule is N#Cc1cc(C#N)c(N2CCCC2)nc1SCc1csc(CC2=CCC=C(Cl)C=C2)n1. The molecule has 1 fully saturated rings. The average Bonchev–Trinajstić information content (AvgIpc) is 3.43. The average molecular weight is 466 g/mol. The van der Waals surface area contributed by atoms with E-state index in [-0.39, 0.29) is 0 Å². The summed E-state index contributed by atoms with van der Waals surface area (Å²) in [4.78, 5) is 11.6. The Labute approximate surface area is 195 Å². The van der Waals surface area contributed by atoms with Crippen molar-refractivity contribution in [2.75, 3.05) is 18.0 Å². The second-order valence-electron chi connectivity index (χ2n) is 7.27. The molecule has 3 heterocycles. The minimum Gasteiger partial charge on any atom is -0.355 e. The number of allylic oxidation sites excluding steroid dienone is 6. The topological polar surface area (TPSA) is 76.6 Å². The zero-order chi connectivity index (χ0) is 21.6. The molecule has 0 bridgehead atoms. The summed E-state index contributed by atoms with van der Waals surface area (Å²) in [5.41, 5.74) is 3.09. The van der Waals surface area contributed by atoms with Crippen molar-refractivity contribution in [2.45, 2.75) is 36.5 Å². The van der Waals surface area contributed by atoms with Crippen LogP contribution in [0.25, 0.3) is 0 Å². The number of thiazole rings is 1. The largest absolute Gasteiger partial charge is 0.355 e. The van der Waals surface area contributed by atoms with Crippen LogP contribution in [0.2, 0.25) is 0 Å². The van der Waals surface area contributed by atoms with Gasteiger partial charge < -0.3 is 4.90 Å². The maximum Gasteiger partial charge on any atom is 0.147 e. The van der Waals surface area contributed by atoms with Crippen LogP contribution >= 0.6 is 34.7 Å². The lowest BCUT2D eigenvalue weighted by Gasteiger charge is -2.18. The van der Waals surface area contributed by atoms with Gasteiger partial charge in [0.25, 0.3) is 0 Å². The number of hydrogen-bond acceptors (Lipinski definition) is 7. The summed E-state index contributed by atoms with van der Waals surface area (Å²) >= 11 is 9.20. The van der Waals surface area contributed by atoms with Crippen molar-refractivity contribution < 1.29 is 0 Å². The third-order valence-electron chi connectivity index (χ3n) is 5.07. The number of nitrogens with zero attached hydrogens (tertiary/aromatic N) is 5. The first kappa shape index (κ1) is 21.6. The monoisotopic (exact) mass is 465 g/mol. The minimum absolute atomic E-state index is 0.443. The van der Waals surface area contributed by atoms with Gasteiger partial charge in [0, 0.05) is 35.7 Å². The molecule has 0 N–H and O–H groups in total. The zero-order valence-corrected chi connectivity index (χ0v) is 19.2. The van der Waals surface area contributed by atoms with E-state index in [1.807, 2.05) is 18.2 Å². The maximum absolute atomic E-state index is 9.55. The van der Waals surface area contributed by atoms with Crippen molar-refractivity contribution in [1.29, 1.82) is 10.5 Å². The number of aromatic nitrogens is 2. The van der Waals surface area contributed by atoms with Gasteiger partial charge in [-0.15, -0.1) is 11.3 Å². The van der Waals surface area contributed by atoms with E-state index < -0.39 is 0 Å². The Morgan fingerprint density at radius 3 is 2.68 bits per heavy atom. The molecule has 1 aliphatic carbocycles. The Hall–Kier alpha value is -2.58. The van der Waals surface area contributed by atoms with Gasteiger partial charge >= 0.3 is 0 Å². The molecule has 0 amide bonds. The summed E-state index contributed by atoms with van der Waals surface area (Å²) in [6, 6.07) is 6.06. The van der Waals surface area contributed by atoms with Gasteiger partial charge in [-0.05, 0) is 37.0 Å². The molecule has 8 heteroatoms. The first-order chi connectivity index (χ1) is 15.2. The van der Waals surface area contributed by atoms with Crippen LogP contribution in [0, 0.1) is 22.7 Å². The lowest BCUT2D eigenvalue weighted by Crippen LogP contribution is -2.20. The van der Waals surface area contributed by atoms with Gasteiger partial charge in [0.2, 0.25) is 0 Å². The van der Waals surface area contributed by atoms with E-state index in [9.17, 15) is 10.5 Å². The molecule has 5 nitrogen and oxygen atoms in total. The van der Waals surface area contributed by atoms with Gasteiger partial charge in [-0.3, -0.25) is 0 Å². The van der Waals surface area contributed by atoms with E-state index in [1.165, 1.54) is 17.3 Å². The standard InChI is InChI=1S/C23H20ClN5S2/c24-19-5-3-4-16(6-7-19)10-21-27-20(14-30-21)15-31-23-18(13-26)11-17(12-25)22(28-23)29-8-1-2-9-29/h4-7,11,14H,1-3,8-10,15H2. The second kappa shape index (κ2) is 10.2. The van der Waals surface area contributed by atoms with Crippen LogP contribution in [0.5, 0.6) is 0 Å². The molecule has 0 unspecified atom stereocenters. The number of rotatable bonds is 6. The number of pyridine rings is 1. The molecule has 1 saturated heterocycles. The number of halogens is 1. The van der Waals surface area contributed by atoms with Crippen LogP contribution in [0.15, 0.2) is 51.4 Å². The quantitative estimate of drug-likeness (QED) is 0.507. The molecule has 2 aliphatic rings. The molecule has 2 aromatic heterocycles. The first-order valence-corrected chi connectivity index (χ1v) is 12.3. The van der Waals surface area contributed by atoms with Crippen molar-refractivity contribution >= 4 is 40.5 Å². The highest BCUT2D eigenvalue weighted by Gasteiger charge is 2.20. The number of nitriles is 2. The van der Waals surface area contributed by atoms with E-state index in [4.69, 9.17) is 21.6 Å². The Kier molecular flexibility index (Phi) is 7.09. The summed E-state index contributed by atoms with van der Waals surface area (Å²) in [6.07, 6.45) is 11.9. The van der Waals surface area contributed by atoms with Gasteiger partial charge in [0.15, 0.2) is 0 Å². The predicted molar refractivity (Wildman–Crippen MR) is 126 cm³/mol. The van der Waals surface area contributed by atoms with Crippen LogP contribution in [-0.2, 0) is 12.2 Å². The Balaban J connectivity index is 1.46. The minimum atomic E-state index is 0.443. The highest BCUT2D eigenvalue weighted by atomic mass is 35.5. The van der Waals surface area contributed by atoms with E-state index in [0.717, 1.165) is 54.5 Å². The smallest absolute Gasteiger partial charge is 0.147 e. The van der Waals surface area contributed by atoms with Crippen molar-refractivity contribution in [3.8, 4) is 12.1 Å². The van der Waals surface area contributed by atoms with Crippen molar-refractivity contribution in [3.05, 3.63) is 68.2 Å². The summed E-state index contributed by atoms with van der Waals surface area (Å²) in [5.74, 6) is 1.33. The fourth-order valence-electron chi connectivity index (χ4n) is 3.52. The van der Waals surface area contributed by atoms with Gasteiger partial charge in [-0.25, -0.2) is 9.97 Å². The van der Waals surface area contributed by atoms with Crippen molar-refractivity contribution in [1.82, 2.24) is 9.97 Å². The fraction of sp³-hybridized carbons (Fsp3) is 0.304. The summed E-state index contributed by atoms with van der Waals surface area (Å²) in [5, 5.41) is 23.6. The molecule has 156 valence electrons.